The van der Waals surface area contributed by atoms with Crippen molar-refractivity contribution >= 4 is 27.5 Å². The molecule has 0 saturated heterocycles. The van der Waals surface area contributed by atoms with Gasteiger partial charge in [-0.1, -0.05) is 30.7 Å². The van der Waals surface area contributed by atoms with E-state index in [-0.39, 0.29) is 0 Å². The third-order valence-corrected chi connectivity index (χ3v) is 4.06. The third-order valence-electron chi connectivity index (χ3n) is 2.73. The largest absolute Gasteiger partial charge is 0.494 e. The predicted molar refractivity (Wildman–Crippen MR) is 86.7 cm³/mol. The highest BCUT2D eigenvalue weighted by molar-refractivity contribution is 9.10. The van der Waals surface area contributed by atoms with E-state index in [2.05, 4.69) is 32.8 Å². The molecule has 0 atom stereocenters. The van der Waals surface area contributed by atoms with Crippen molar-refractivity contribution in [3.05, 3.63) is 39.6 Å². The summed E-state index contributed by atoms with van der Waals surface area (Å²) in [6, 6.07) is 7.66. The molecule has 4 nitrogen and oxygen atoms in total. The van der Waals surface area contributed by atoms with Crippen LogP contribution in [0.2, 0.25) is 5.15 Å². The number of halogens is 2. The first-order chi connectivity index (χ1) is 10.2. The summed E-state index contributed by atoms with van der Waals surface area (Å²) in [6.45, 7) is 3.11. The van der Waals surface area contributed by atoms with Crippen LogP contribution in [0.25, 0.3) is 11.4 Å². The first kappa shape index (κ1) is 16.2. The minimum absolute atomic E-state index is 0.363. The molecule has 112 valence electrons. The molecule has 1 aromatic heterocycles. The van der Waals surface area contributed by atoms with Crippen LogP contribution in [0.3, 0.4) is 0 Å². The number of aromatic nitrogens is 2. The highest BCUT2D eigenvalue weighted by atomic mass is 79.9. The maximum absolute atomic E-state index is 6.14. The zero-order valence-corrected chi connectivity index (χ0v) is 14.2. The van der Waals surface area contributed by atoms with Gasteiger partial charge in [-0.05, 0) is 34.5 Å². The average molecular weight is 372 g/mol. The fourth-order valence-corrected chi connectivity index (χ4v) is 2.25. The highest BCUT2D eigenvalue weighted by Crippen LogP contribution is 2.28. The third kappa shape index (κ3) is 4.15. The Kier molecular flexibility index (Phi) is 5.96. The van der Waals surface area contributed by atoms with Gasteiger partial charge in [0, 0.05) is 12.7 Å². The molecule has 0 spiro atoms. The van der Waals surface area contributed by atoms with Crippen molar-refractivity contribution in [1.29, 1.82) is 0 Å². The summed E-state index contributed by atoms with van der Waals surface area (Å²) in [7, 11) is 1.61. The lowest BCUT2D eigenvalue weighted by Crippen LogP contribution is -2.00. The molecule has 1 heterocycles. The van der Waals surface area contributed by atoms with Gasteiger partial charge in [-0.3, -0.25) is 0 Å². The van der Waals surface area contributed by atoms with Crippen LogP contribution in [0.1, 0.15) is 19.0 Å². The summed E-state index contributed by atoms with van der Waals surface area (Å²) in [5, 5.41) is 0.368. The molecule has 0 radical (unpaired) electrons. The zero-order valence-electron chi connectivity index (χ0n) is 11.9. The molecule has 0 unspecified atom stereocenters. The Morgan fingerprint density at radius 1 is 1.29 bits per heavy atom. The lowest BCUT2D eigenvalue weighted by Gasteiger charge is -2.09. The molecule has 0 aliphatic rings. The van der Waals surface area contributed by atoms with Crippen molar-refractivity contribution in [3.8, 4) is 17.1 Å². The van der Waals surface area contributed by atoms with Gasteiger partial charge in [0.2, 0.25) is 0 Å². The Bertz CT molecular complexity index is 623. The Morgan fingerprint density at radius 3 is 2.81 bits per heavy atom. The topological polar surface area (TPSA) is 44.2 Å². The zero-order chi connectivity index (χ0) is 15.2. The first-order valence-corrected chi connectivity index (χ1v) is 7.77. The summed E-state index contributed by atoms with van der Waals surface area (Å²) in [6.07, 6.45) is 0.961. The fraction of sp³-hybridized carbons (Fsp3) is 0.333. The van der Waals surface area contributed by atoms with Crippen molar-refractivity contribution in [2.75, 3.05) is 13.7 Å². The SMILES string of the molecule is CCCOc1cccc(-c2nc(Cl)c(Br)c(COC)n2)c1. The summed E-state index contributed by atoms with van der Waals surface area (Å²) >= 11 is 9.52. The second-order valence-electron chi connectivity index (χ2n) is 4.41. The van der Waals surface area contributed by atoms with Gasteiger partial charge in [0.05, 0.1) is 23.4 Å². The number of hydrogen-bond acceptors (Lipinski definition) is 4. The molecule has 2 aromatic rings. The van der Waals surface area contributed by atoms with Gasteiger partial charge >= 0.3 is 0 Å². The molecule has 0 aliphatic heterocycles. The fourth-order valence-electron chi connectivity index (χ4n) is 1.77. The molecular formula is C15H16BrClN2O2. The Labute approximate surface area is 137 Å². The standard InChI is InChI=1S/C15H16BrClN2O2/c1-3-7-21-11-6-4-5-10(8-11)15-18-12(9-20-2)13(16)14(17)19-15/h4-6,8H,3,7,9H2,1-2H3. The van der Waals surface area contributed by atoms with E-state index in [9.17, 15) is 0 Å². The first-order valence-electron chi connectivity index (χ1n) is 6.59. The predicted octanol–water partition coefficient (Wildman–Crippen LogP) is 4.49. The quantitative estimate of drug-likeness (QED) is 0.702. The number of benzene rings is 1. The number of methoxy groups -OCH3 is 1. The van der Waals surface area contributed by atoms with Gasteiger partial charge in [0.25, 0.3) is 0 Å². The van der Waals surface area contributed by atoms with E-state index in [1.54, 1.807) is 7.11 Å². The van der Waals surface area contributed by atoms with Gasteiger partial charge in [0.1, 0.15) is 10.9 Å². The monoisotopic (exact) mass is 370 g/mol. The maximum Gasteiger partial charge on any atom is 0.161 e. The van der Waals surface area contributed by atoms with Crippen LogP contribution in [0.15, 0.2) is 28.7 Å². The lowest BCUT2D eigenvalue weighted by atomic mass is 10.2. The van der Waals surface area contributed by atoms with Gasteiger partial charge in [0.15, 0.2) is 5.82 Å². The average Bonchev–Trinajstić information content (AvgIpc) is 2.50. The summed E-state index contributed by atoms with van der Waals surface area (Å²) < 4.78 is 11.4. The van der Waals surface area contributed by atoms with E-state index in [0.717, 1.165) is 17.7 Å². The smallest absolute Gasteiger partial charge is 0.161 e. The lowest BCUT2D eigenvalue weighted by molar-refractivity contribution is 0.181. The van der Waals surface area contributed by atoms with E-state index in [1.165, 1.54) is 0 Å². The van der Waals surface area contributed by atoms with Crippen molar-refractivity contribution in [1.82, 2.24) is 9.97 Å². The van der Waals surface area contributed by atoms with Crippen LogP contribution in [0.4, 0.5) is 0 Å². The number of hydrogen-bond donors (Lipinski definition) is 0. The van der Waals surface area contributed by atoms with Crippen molar-refractivity contribution in [3.63, 3.8) is 0 Å². The second-order valence-corrected chi connectivity index (χ2v) is 5.56. The summed E-state index contributed by atoms with van der Waals surface area (Å²) in [5.41, 5.74) is 1.57. The summed E-state index contributed by atoms with van der Waals surface area (Å²) in [5.74, 6) is 1.35. The Morgan fingerprint density at radius 2 is 2.10 bits per heavy atom. The van der Waals surface area contributed by atoms with Gasteiger partial charge in [-0.15, -0.1) is 0 Å². The maximum atomic E-state index is 6.14. The van der Waals surface area contributed by atoms with Crippen molar-refractivity contribution in [2.45, 2.75) is 20.0 Å². The normalized spacial score (nSPS) is 10.7. The van der Waals surface area contributed by atoms with Crippen LogP contribution in [0, 0.1) is 0 Å². The van der Waals surface area contributed by atoms with E-state index >= 15 is 0 Å². The van der Waals surface area contributed by atoms with Crippen LogP contribution >= 0.6 is 27.5 Å². The van der Waals surface area contributed by atoms with E-state index < -0.39 is 0 Å². The van der Waals surface area contributed by atoms with E-state index in [1.807, 2.05) is 24.3 Å². The summed E-state index contributed by atoms with van der Waals surface area (Å²) in [4.78, 5) is 8.80. The van der Waals surface area contributed by atoms with E-state index in [0.29, 0.717) is 34.4 Å². The Hall–Kier alpha value is -1.17. The van der Waals surface area contributed by atoms with Gasteiger partial charge in [-0.25, -0.2) is 9.97 Å². The molecule has 0 aliphatic carbocycles. The molecule has 0 bridgehead atoms. The molecular weight excluding hydrogens is 356 g/mol. The molecule has 0 amide bonds. The molecule has 0 fully saturated rings. The molecule has 1 aromatic carbocycles. The van der Waals surface area contributed by atoms with Gasteiger partial charge < -0.3 is 9.47 Å². The Balaban J connectivity index is 2.37. The number of nitrogens with zero attached hydrogens (tertiary/aromatic N) is 2. The van der Waals surface area contributed by atoms with Crippen LogP contribution < -0.4 is 4.74 Å². The minimum atomic E-state index is 0.363. The van der Waals surface area contributed by atoms with Crippen LogP contribution in [-0.2, 0) is 11.3 Å². The molecule has 0 N–H and O–H groups in total. The molecule has 2 rings (SSSR count). The van der Waals surface area contributed by atoms with E-state index in [4.69, 9.17) is 21.1 Å². The number of rotatable bonds is 6. The van der Waals surface area contributed by atoms with Crippen LogP contribution in [-0.4, -0.2) is 23.7 Å². The number of ether oxygens (including phenoxy) is 2. The molecule has 21 heavy (non-hydrogen) atoms. The molecule has 0 saturated carbocycles. The van der Waals surface area contributed by atoms with Crippen molar-refractivity contribution < 1.29 is 9.47 Å². The van der Waals surface area contributed by atoms with Gasteiger partial charge in [-0.2, -0.15) is 0 Å². The second kappa shape index (κ2) is 7.73. The minimum Gasteiger partial charge on any atom is -0.494 e. The van der Waals surface area contributed by atoms with Crippen molar-refractivity contribution in [2.24, 2.45) is 0 Å². The molecule has 6 heteroatoms. The van der Waals surface area contributed by atoms with Crippen LogP contribution in [0.5, 0.6) is 5.75 Å². The highest BCUT2D eigenvalue weighted by Gasteiger charge is 2.12.